The van der Waals surface area contributed by atoms with Crippen LogP contribution in [0.25, 0.3) is 11.0 Å². The lowest BCUT2D eigenvalue weighted by atomic mass is 10.1. The van der Waals surface area contributed by atoms with Gasteiger partial charge < -0.3 is 19.2 Å². The van der Waals surface area contributed by atoms with Crippen LogP contribution in [0, 0.1) is 5.82 Å². The van der Waals surface area contributed by atoms with Gasteiger partial charge in [0.05, 0.1) is 19.3 Å². The molecule has 1 N–H and O–H groups in total. The van der Waals surface area contributed by atoms with E-state index < -0.39 is 0 Å². The number of methoxy groups -OCH3 is 1. The van der Waals surface area contributed by atoms with Crippen LogP contribution in [-0.2, 0) is 9.47 Å². The van der Waals surface area contributed by atoms with Crippen LogP contribution in [0.5, 0.6) is 0 Å². The molecule has 0 radical (unpaired) electrons. The van der Waals surface area contributed by atoms with Gasteiger partial charge in [-0.15, -0.1) is 0 Å². The highest BCUT2D eigenvalue weighted by molar-refractivity contribution is 5.78. The highest BCUT2D eigenvalue weighted by Crippen LogP contribution is 2.26. The van der Waals surface area contributed by atoms with Gasteiger partial charge in [-0.3, -0.25) is 0 Å². The lowest BCUT2D eigenvalue weighted by molar-refractivity contribution is 0.0652. The molecule has 0 aliphatic rings. The first-order valence-electron chi connectivity index (χ1n) is 6.67. The Labute approximate surface area is 117 Å². The van der Waals surface area contributed by atoms with E-state index in [0.29, 0.717) is 25.4 Å². The summed E-state index contributed by atoms with van der Waals surface area (Å²) in [5, 5.41) is 3.96. The van der Waals surface area contributed by atoms with Crippen LogP contribution in [0.1, 0.15) is 18.2 Å². The highest BCUT2D eigenvalue weighted by atomic mass is 19.1. The van der Waals surface area contributed by atoms with Gasteiger partial charge in [0.25, 0.3) is 0 Å². The van der Waals surface area contributed by atoms with E-state index in [1.54, 1.807) is 13.2 Å². The minimum atomic E-state index is -0.256. The summed E-state index contributed by atoms with van der Waals surface area (Å²) in [7, 11) is 3.51. The average molecular weight is 281 g/mol. The van der Waals surface area contributed by atoms with E-state index in [4.69, 9.17) is 13.9 Å². The summed E-state index contributed by atoms with van der Waals surface area (Å²) in [4.78, 5) is 0. The Bertz CT molecular complexity index is 541. The van der Waals surface area contributed by atoms with E-state index in [2.05, 4.69) is 5.32 Å². The molecular formula is C15H20FNO3. The fourth-order valence-electron chi connectivity index (χ4n) is 2.08. The molecule has 2 rings (SSSR count). The summed E-state index contributed by atoms with van der Waals surface area (Å²) in [5.74, 6) is 0.539. The second-order valence-electron chi connectivity index (χ2n) is 4.57. The Morgan fingerprint density at radius 3 is 2.85 bits per heavy atom. The van der Waals surface area contributed by atoms with Crippen molar-refractivity contribution in [1.29, 1.82) is 0 Å². The zero-order chi connectivity index (χ0) is 14.4. The van der Waals surface area contributed by atoms with E-state index in [1.807, 2.05) is 13.1 Å². The molecule has 0 bridgehead atoms. The number of fused-ring (bicyclic) bond motifs is 1. The first-order valence-corrected chi connectivity index (χ1v) is 6.67. The lowest BCUT2D eigenvalue weighted by Crippen LogP contribution is -2.18. The van der Waals surface area contributed by atoms with E-state index in [9.17, 15) is 4.39 Å². The fraction of sp³-hybridized carbons (Fsp3) is 0.467. The fourth-order valence-corrected chi connectivity index (χ4v) is 2.08. The van der Waals surface area contributed by atoms with Gasteiger partial charge in [-0.2, -0.15) is 0 Å². The maximum absolute atomic E-state index is 13.2. The molecule has 0 saturated heterocycles. The normalized spacial score (nSPS) is 12.9. The summed E-state index contributed by atoms with van der Waals surface area (Å²) in [5.41, 5.74) is 0.696. The molecule has 0 aliphatic carbocycles. The van der Waals surface area contributed by atoms with Crippen LogP contribution >= 0.6 is 0 Å². The van der Waals surface area contributed by atoms with Gasteiger partial charge in [0.15, 0.2) is 0 Å². The largest absolute Gasteiger partial charge is 0.459 e. The monoisotopic (exact) mass is 281 g/mol. The SMILES string of the molecule is CNC(CCOCCOC)c1cc2cc(F)ccc2o1. The maximum atomic E-state index is 13.2. The van der Waals surface area contributed by atoms with Crippen LogP contribution in [0.15, 0.2) is 28.7 Å². The standard InChI is InChI=1S/C15H20FNO3/c1-17-13(5-6-19-8-7-18-2)15-10-11-9-12(16)3-4-14(11)20-15/h3-4,9-10,13,17H,5-8H2,1-2H3. The molecule has 0 amide bonds. The van der Waals surface area contributed by atoms with Gasteiger partial charge >= 0.3 is 0 Å². The average Bonchev–Trinajstić information content (AvgIpc) is 2.85. The highest BCUT2D eigenvalue weighted by Gasteiger charge is 2.14. The third kappa shape index (κ3) is 3.79. The molecule has 0 spiro atoms. The van der Waals surface area contributed by atoms with E-state index in [1.165, 1.54) is 12.1 Å². The van der Waals surface area contributed by atoms with Gasteiger partial charge in [0.2, 0.25) is 0 Å². The van der Waals surface area contributed by atoms with Crippen molar-refractivity contribution in [2.24, 2.45) is 0 Å². The van der Waals surface area contributed by atoms with Crippen molar-refractivity contribution in [1.82, 2.24) is 5.32 Å². The van der Waals surface area contributed by atoms with Crippen molar-refractivity contribution < 1.29 is 18.3 Å². The number of rotatable bonds is 8. The molecular weight excluding hydrogens is 261 g/mol. The Balaban J connectivity index is 1.98. The minimum absolute atomic E-state index is 0.0491. The first kappa shape index (κ1) is 15.0. The predicted molar refractivity (Wildman–Crippen MR) is 75.3 cm³/mol. The van der Waals surface area contributed by atoms with Crippen LogP contribution in [0.2, 0.25) is 0 Å². The molecule has 1 unspecified atom stereocenters. The molecule has 1 heterocycles. The topological polar surface area (TPSA) is 43.6 Å². The predicted octanol–water partition coefficient (Wildman–Crippen LogP) is 2.89. The van der Waals surface area contributed by atoms with Gasteiger partial charge in [-0.1, -0.05) is 0 Å². The number of halogens is 1. The third-order valence-electron chi connectivity index (χ3n) is 3.17. The molecule has 1 atom stereocenters. The number of benzene rings is 1. The number of nitrogens with one attached hydrogen (secondary N) is 1. The second kappa shape index (κ2) is 7.38. The third-order valence-corrected chi connectivity index (χ3v) is 3.17. The van der Waals surface area contributed by atoms with Crippen molar-refractivity contribution >= 4 is 11.0 Å². The van der Waals surface area contributed by atoms with Gasteiger partial charge in [0.1, 0.15) is 17.2 Å². The molecule has 4 nitrogen and oxygen atoms in total. The molecule has 5 heteroatoms. The van der Waals surface area contributed by atoms with Crippen molar-refractivity contribution in [3.63, 3.8) is 0 Å². The Morgan fingerprint density at radius 1 is 1.25 bits per heavy atom. The Morgan fingerprint density at radius 2 is 2.10 bits per heavy atom. The Hall–Kier alpha value is -1.43. The quantitative estimate of drug-likeness (QED) is 0.756. The number of furan rings is 1. The molecule has 1 aromatic heterocycles. The first-order chi connectivity index (χ1) is 9.74. The lowest BCUT2D eigenvalue weighted by Gasteiger charge is -2.13. The molecule has 0 aliphatic heterocycles. The summed E-state index contributed by atoms with van der Waals surface area (Å²) >= 11 is 0. The Kier molecular flexibility index (Phi) is 5.52. The van der Waals surface area contributed by atoms with Gasteiger partial charge in [-0.25, -0.2) is 4.39 Å². The summed E-state index contributed by atoms with van der Waals surface area (Å²) < 4.78 is 29.3. The van der Waals surface area contributed by atoms with E-state index in [-0.39, 0.29) is 11.9 Å². The molecule has 2 aromatic rings. The molecule has 110 valence electrons. The van der Waals surface area contributed by atoms with E-state index >= 15 is 0 Å². The molecule has 0 fully saturated rings. The minimum Gasteiger partial charge on any atom is -0.459 e. The molecule has 0 saturated carbocycles. The smallest absolute Gasteiger partial charge is 0.134 e. The maximum Gasteiger partial charge on any atom is 0.134 e. The second-order valence-corrected chi connectivity index (χ2v) is 4.57. The van der Waals surface area contributed by atoms with Crippen molar-refractivity contribution in [2.75, 3.05) is 34.0 Å². The summed E-state index contributed by atoms with van der Waals surface area (Å²) in [6, 6.07) is 6.44. The van der Waals surface area contributed by atoms with Gasteiger partial charge in [-0.05, 0) is 37.7 Å². The zero-order valence-corrected chi connectivity index (χ0v) is 11.8. The van der Waals surface area contributed by atoms with Gasteiger partial charge in [0, 0.05) is 19.1 Å². The zero-order valence-electron chi connectivity index (χ0n) is 11.8. The van der Waals surface area contributed by atoms with Crippen LogP contribution in [0.3, 0.4) is 0 Å². The molecule has 20 heavy (non-hydrogen) atoms. The molecule has 1 aromatic carbocycles. The van der Waals surface area contributed by atoms with Crippen molar-refractivity contribution in [3.8, 4) is 0 Å². The van der Waals surface area contributed by atoms with E-state index in [0.717, 1.165) is 17.6 Å². The number of ether oxygens (including phenoxy) is 2. The number of hydrogen-bond donors (Lipinski definition) is 1. The number of hydrogen-bond acceptors (Lipinski definition) is 4. The van der Waals surface area contributed by atoms with Crippen LogP contribution < -0.4 is 5.32 Å². The van der Waals surface area contributed by atoms with Crippen molar-refractivity contribution in [2.45, 2.75) is 12.5 Å². The summed E-state index contributed by atoms with van der Waals surface area (Å²) in [6.45, 7) is 1.78. The van der Waals surface area contributed by atoms with Crippen LogP contribution in [-0.4, -0.2) is 34.0 Å². The van der Waals surface area contributed by atoms with Crippen molar-refractivity contribution in [3.05, 3.63) is 35.8 Å². The summed E-state index contributed by atoms with van der Waals surface area (Å²) in [6.07, 6.45) is 0.780. The van der Waals surface area contributed by atoms with Crippen LogP contribution in [0.4, 0.5) is 4.39 Å².